The van der Waals surface area contributed by atoms with Crippen molar-refractivity contribution in [3.05, 3.63) is 65.5 Å². The first kappa shape index (κ1) is 19.4. The third kappa shape index (κ3) is 5.30. The molecule has 0 saturated carbocycles. The van der Waals surface area contributed by atoms with Crippen molar-refractivity contribution in [3.63, 3.8) is 0 Å². The van der Waals surface area contributed by atoms with Crippen LogP contribution in [0.3, 0.4) is 0 Å². The number of halogens is 1. The first-order chi connectivity index (χ1) is 13.0. The number of amides is 1. The van der Waals surface area contributed by atoms with Gasteiger partial charge in [-0.05, 0) is 62.7 Å². The number of rotatable bonds is 6. The van der Waals surface area contributed by atoms with Gasteiger partial charge in [0.2, 0.25) is 0 Å². The molecule has 1 aliphatic rings. The SMILES string of the molecule is CN1CCC[C@H](CN(C)C(=O)c2ccc(OCc3ccccc3F)cc2)C1. The summed E-state index contributed by atoms with van der Waals surface area (Å²) in [5, 5.41) is 0. The lowest BCUT2D eigenvalue weighted by Crippen LogP contribution is -2.40. The average Bonchev–Trinajstić information content (AvgIpc) is 2.67. The van der Waals surface area contributed by atoms with Gasteiger partial charge in [-0.25, -0.2) is 4.39 Å². The van der Waals surface area contributed by atoms with Crippen LogP contribution in [0.2, 0.25) is 0 Å². The number of benzene rings is 2. The van der Waals surface area contributed by atoms with Crippen molar-refractivity contribution in [1.29, 1.82) is 0 Å². The predicted molar refractivity (Wildman–Crippen MR) is 104 cm³/mol. The Hall–Kier alpha value is -2.40. The Labute approximate surface area is 160 Å². The van der Waals surface area contributed by atoms with Crippen molar-refractivity contribution in [2.75, 3.05) is 33.7 Å². The third-order valence-electron chi connectivity index (χ3n) is 5.05. The van der Waals surface area contributed by atoms with E-state index in [0.717, 1.165) is 19.6 Å². The van der Waals surface area contributed by atoms with E-state index in [4.69, 9.17) is 4.74 Å². The Kier molecular flexibility index (Phi) is 6.45. The van der Waals surface area contributed by atoms with Gasteiger partial charge >= 0.3 is 0 Å². The highest BCUT2D eigenvalue weighted by Crippen LogP contribution is 2.19. The molecular weight excluding hydrogens is 343 g/mol. The second-order valence-electron chi connectivity index (χ2n) is 7.36. The van der Waals surface area contributed by atoms with Crippen molar-refractivity contribution in [2.45, 2.75) is 19.4 Å². The average molecular weight is 370 g/mol. The van der Waals surface area contributed by atoms with Crippen LogP contribution in [0.15, 0.2) is 48.5 Å². The molecule has 5 heteroatoms. The van der Waals surface area contributed by atoms with Crippen molar-refractivity contribution < 1.29 is 13.9 Å². The lowest BCUT2D eigenvalue weighted by Gasteiger charge is -2.32. The second-order valence-corrected chi connectivity index (χ2v) is 7.36. The van der Waals surface area contributed by atoms with E-state index >= 15 is 0 Å². The van der Waals surface area contributed by atoms with E-state index in [-0.39, 0.29) is 18.3 Å². The molecule has 1 aliphatic heterocycles. The fraction of sp³-hybridized carbons (Fsp3) is 0.409. The van der Waals surface area contributed by atoms with Crippen LogP contribution >= 0.6 is 0 Å². The van der Waals surface area contributed by atoms with Gasteiger partial charge in [0.1, 0.15) is 18.2 Å². The number of carbonyl (C=O) groups is 1. The Bertz CT molecular complexity index is 763. The Morgan fingerprint density at radius 3 is 2.67 bits per heavy atom. The zero-order valence-electron chi connectivity index (χ0n) is 16.0. The van der Waals surface area contributed by atoms with Gasteiger partial charge in [-0.1, -0.05) is 18.2 Å². The summed E-state index contributed by atoms with van der Waals surface area (Å²) in [6, 6.07) is 13.6. The zero-order chi connectivity index (χ0) is 19.2. The maximum atomic E-state index is 13.6. The van der Waals surface area contributed by atoms with Crippen LogP contribution in [-0.4, -0.2) is 49.4 Å². The van der Waals surface area contributed by atoms with Crippen molar-refractivity contribution in [2.24, 2.45) is 5.92 Å². The largest absolute Gasteiger partial charge is 0.489 e. The smallest absolute Gasteiger partial charge is 0.253 e. The number of carbonyl (C=O) groups excluding carboxylic acids is 1. The van der Waals surface area contributed by atoms with Crippen molar-refractivity contribution >= 4 is 5.91 Å². The molecule has 144 valence electrons. The van der Waals surface area contributed by atoms with E-state index in [1.165, 1.54) is 18.9 Å². The van der Waals surface area contributed by atoms with Gasteiger partial charge < -0.3 is 14.5 Å². The minimum absolute atomic E-state index is 0.0175. The molecule has 0 spiro atoms. The molecule has 2 aromatic rings. The molecule has 0 radical (unpaired) electrons. The molecule has 4 nitrogen and oxygen atoms in total. The minimum atomic E-state index is -0.278. The maximum Gasteiger partial charge on any atom is 0.253 e. The van der Waals surface area contributed by atoms with Crippen LogP contribution in [0.1, 0.15) is 28.8 Å². The van der Waals surface area contributed by atoms with Gasteiger partial charge in [0.15, 0.2) is 0 Å². The topological polar surface area (TPSA) is 32.8 Å². The Morgan fingerprint density at radius 2 is 1.96 bits per heavy atom. The predicted octanol–water partition coefficient (Wildman–Crippen LogP) is 3.82. The molecule has 3 rings (SSSR count). The molecule has 0 aliphatic carbocycles. The van der Waals surface area contributed by atoms with Crippen LogP contribution in [0.4, 0.5) is 4.39 Å². The summed E-state index contributed by atoms with van der Waals surface area (Å²) in [5.41, 5.74) is 1.15. The van der Waals surface area contributed by atoms with Gasteiger partial charge in [-0.2, -0.15) is 0 Å². The number of hydrogen-bond donors (Lipinski definition) is 0. The van der Waals surface area contributed by atoms with Crippen LogP contribution in [0.25, 0.3) is 0 Å². The summed E-state index contributed by atoms with van der Waals surface area (Å²) in [6.45, 7) is 3.12. The van der Waals surface area contributed by atoms with E-state index < -0.39 is 0 Å². The zero-order valence-corrected chi connectivity index (χ0v) is 16.0. The monoisotopic (exact) mass is 370 g/mol. The molecule has 0 aromatic heterocycles. The standard InChI is InChI=1S/C22H27FN2O2/c1-24-13-5-6-17(14-24)15-25(2)22(26)18-9-11-20(12-10-18)27-16-19-7-3-4-8-21(19)23/h3-4,7-12,17H,5-6,13-16H2,1-2H3/t17-/m0/s1. The fourth-order valence-electron chi connectivity index (χ4n) is 3.58. The van der Waals surface area contributed by atoms with Crippen LogP contribution in [0, 0.1) is 11.7 Å². The second kappa shape index (κ2) is 9.00. The Balaban J connectivity index is 1.54. The van der Waals surface area contributed by atoms with Crippen LogP contribution in [-0.2, 0) is 6.61 Å². The van der Waals surface area contributed by atoms with Gasteiger partial charge in [0.05, 0.1) is 0 Å². The number of nitrogens with zero attached hydrogens (tertiary/aromatic N) is 2. The molecule has 1 saturated heterocycles. The molecule has 0 bridgehead atoms. The van der Waals surface area contributed by atoms with E-state index in [9.17, 15) is 9.18 Å². The van der Waals surface area contributed by atoms with Gasteiger partial charge in [0.25, 0.3) is 5.91 Å². The quantitative estimate of drug-likeness (QED) is 0.775. The molecule has 1 atom stereocenters. The third-order valence-corrected chi connectivity index (χ3v) is 5.05. The summed E-state index contributed by atoms with van der Waals surface area (Å²) in [7, 11) is 3.99. The van der Waals surface area contributed by atoms with Gasteiger partial charge in [-0.3, -0.25) is 4.79 Å². The van der Waals surface area contributed by atoms with E-state index in [0.29, 0.717) is 22.8 Å². The number of ether oxygens (including phenoxy) is 1. The molecule has 1 fully saturated rings. The normalized spacial score (nSPS) is 17.5. The molecule has 0 unspecified atom stereocenters. The summed E-state index contributed by atoms with van der Waals surface area (Å²) in [6.07, 6.45) is 2.36. The molecule has 2 aromatic carbocycles. The molecule has 1 heterocycles. The van der Waals surface area contributed by atoms with E-state index in [1.54, 1.807) is 47.4 Å². The molecule has 27 heavy (non-hydrogen) atoms. The Morgan fingerprint density at radius 1 is 1.22 bits per heavy atom. The van der Waals surface area contributed by atoms with Gasteiger partial charge in [-0.15, -0.1) is 0 Å². The number of likely N-dealkylation sites (tertiary alicyclic amines) is 1. The lowest BCUT2D eigenvalue weighted by molar-refractivity contribution is 0.0741. The first-order valence-electron chi connectivity index (χ1n) is 9.43. The van der Waals surface area contributed by atoms with Crippen molar-refractivity contribution in [3.8, 4) is 5.75 Å². The molecule has 1 amide bonds. The van der Waals surface area contributed by atoms with Crippen molar-refractivity contribution in [1.82, 2.24) is 9.80 Å². The van der Waals surface area contributed by atoms with Crippen LogP contribution in [0.5, 0.6) is 5.75 Å². The number of piperidine rings is 1. The highest BCUT2D eigenvalue weighted by atomic mass is 19.1. The molecule has 0 N–H and O–H groups in total. The highest BCUT2D eigenvalue weighted by molar-refractivity contribution is 5.94. The number of hydrogen-bond acceptors (Lipinski definition) is 3. The minimum Gasteiger partial charge on any atom is -0.489 e. The van der Waals surface area contributed by atoms with E-state index in [1.807, 2.05) is 7.05 Å². The van der Waals surface area contributed by atoms with Gasteiger partial charge in [0, 0.05) is 31.3 Å². The summed E-state index contributed by atoms with van der Waals surface area (Å²) >= 11 is 0. The summed E-state index contributed by atoms with van der Waals surface area (Å²) in [5.74, 6) is 0.885. The fourth-order valence-corrected chi connectivity index (χ4v) is 3.58. The summed E-state index contributed by atoms with van der Waals surface area (Å²) in [4.78, 5) is 16.8. The van der Waals surface area contributed by atoms with Crippen LogP contribution < -0.4 is 4.74 Å². The summed E-state index contributed by atoms with van der Waals surface area (Å²) < 4.78 is 19.3. The highest BCUT2D eigenvalue weighted by Gasteiger charge is 2.21. The first-order valence-corrected chi connectivity index (χ1v) is 9.43. The van der Waals surface area contributed by atoms with E-state index in [2.05, 4.69) is 11.9 Å². The maximum absolute atomic E-state index is 13.6. The lowest BCUT2D eigenvalue weighted by atomic mass is 9.98. The molecular formula is C22H27FN2O2.